The van der Waals surface area contributed by atoms with Crippen LogP contribution in [0.3, 0.4) is 0 Å². The first-order valence-corrected chi connectivity index (χ1v) is 6.73. The van der Waals surface area contributed by atoms with Gasteiger partial charge in [-0.3, -0.25) is 4.79 Å². The van der Waals surface area contributed by atoms with Crippen LogP contribution >= 0.6 is 23.3 Å². The van der Waals surface area contributed by atoms with Gasteiger partial charge in [-0.1, -0.05) is 11.8 Å². The first kappa shape index (κ1) is 13.0. The van der Waals surface area contributed by atoms with Gasteiger partial charge >= 0.3 is 0 Å². The molecule has 2 aromatic rings. The van der Waals surface area contributed by atoms with Crippen molar-refractivity contribution in [3.8, 4) is 5.75 Å². The zero-order valence-electron chi connectivity index (χ0n) is 9.42. The van der Waals surface area contributed by atoms with Crippen molar-refractivity contribution in [3.05, 3.63) is 35.9 Å². The third kappa shape index (κ3) is 3.05. The van der Waals surface area contributed by atoms with Crippen molar-refractivity contribution in [2.45, 2.75) is 4.34 Å². The Balaban J connectivity index is 2.10. The van der Waals surface area contributed by atoms with Crippen molar-refractivity contribution < 1.29 is 13.9 Å². The van der Waals surface area contributed by atoms with Crippen LogP contribution in [0.5, 0.6) is 5.75 Å². The third-order valence-corrected chi connectivity index (χ3v) is 3.93. The summed E-state index contributed by atoms with van der Waals surface area (Å²) in [4.78, 5) is 15.9. The van der Waals surface area contributed by atoms with Crippen molar-refractivity contribution in [2.24, 2.45) is 0 Å². The lowest BCUT2D eigenvalue weighted by Gasteiger charge is -2.06. The number of aromatic nitrogens is 2. The molecule has 1 aromatic carbocycles. The maximum Gasteiger partial charge on any atom is 0.176 e. The number of halogens is 1. The maximum atomic E-state index is 13.1. The normalized spacial score (nSPS) is 10.3. The average molecular weight is 284 g/mol. The molecular weight excluding hydrogens is 275 g/mol. The molecule has 0 N–H and O–H groups in total. The highest BCUT2D eigenvalue weighted by Crippen LogP contribution is 2.24. The molecule has 0 amide bonds. The molecule has 94 valence electrons. The fourth-order valence-electron chi connectivity index (χ4n) is 1.33. The Kier molecular flexibility index (Phi) is 4.27. The van der Waals surface area contributed by atoms with Crippen LogP contribution in [0.25, 0.3) is 0 Å². The molecule has 0 atom stereocenters. The fourth-order valence-corrected chi connectivity index (χ4v) is 2.66. The molecule has 0 radical (unpaired) electrons. The molecule has 1 aromatic heterocycles. The Morgan fingerprint density at radius 2 is 2.39 bits per heavy atom. The average Bonchev–Trinajstić information content (AvgIpc) is 2.89. The first-order valence-electron chi connectivity index (χ1n) is 4.97. The van der Waals surface area contributed by atoms with Crippen LogP contribution < -0.4 is 4.74 Å². The highest BCUT2D eigenvalue weighted by atomic mass is 32.2. The predicted molar refractivity (Wildman–Crippen MR) is 67.9 cm³/mol. The number of hydrogen-bond donors (Lipinski definition) is 0. The molecule has 0 saturated carbocycles. The fraction of sp³-hybridized carbons (Fsp3) is 0.182. The van der Waals surface area contributed by atoms with Crippen molar-refractivity contribution in [2.75, 3.05) is 12.9 Å². The van der Waals surface area contributed by atoms with E-state index in [1.165, 1.54) is 54.9 Å². The van der Waals surface area contributed by atoms with E-state index in [0.717, 1.165) is 0 Å². The molecular formula is C11H9FN2O2S2. The third-order valence-electron chi connectivity index (χ3n) is 2.13. The van der Waals surface area contributed by atoms with Gasteiger partial charge in [-0.05, 0) is 29.7 Å². The van der Waals surface area contributed by atoms with Gasteiger partial charge in [0.15, 0.2) is 10.1 Å². The molecule has 0 aliphatic rings. The number of ether oxygens (including phenoxy) is 1. The minimum atomic E-state index is -0.458. The zero-order valence-corrected chi connectivity index (χ0v) is 11.1. The van der Waals surface area contributed by atoms with Gasteiger partial charge in [0.25, 0.3) is 0 Å². The minimum Gasteiger partial charge on any atom is -0.496 e. The standard InChI is InChI=1S/C11H9FN2O2S2/c1-16-10-3-2-7(12)4-8(10)9(15)5-17-11-13-6-14-18-11/h2-4,6H,5H2,1H3. The van der Waals surface area contributed by atoms with Crippen molar-refractivity contribution >= 4 is 29.1 Å². The summed E-state index contributed by atoms with van der Waals surface area (Å²) in [6, 6.07) is 3.88. The largest absolute Gasteiger partial charge is 0.496 e. The first-order chi connectivity index (χ1) is 8.70. The Bertz CT molecular complexity index is 546. The van der Waals surface area contributed by atoms with E-state index in [1.54, 1.807) is 0 Å². The summed E-state index contributed by atoms with van der Waals surface area (Å²) in [6.07, 6.45) is 1.43. The van der Waals surface area contributed by atoms with E-state index in [0.29, 0.717) is 10.1 Å². The predicted octanol–water partition coefficient (Wildman–Crippen LogP) is 2.66. The van der Waals surface area contributed by atoms with E-state index < -0.39 is 5.82 Å². The van der Waals surface area contributed by atoms with Crippen LogP contribution in [0.15, 0.2) is 28.9 Å². The van der Waals surface area contributed by atoms with E-state index in [9.17, 15) is 9.18 Å². The molecule has 0 fully saturated rings. The maximum absolute atomic E-state index is 13.1. The number of carbonyl (C=O) groups excluding carboxylic acids is 1. The molecule has 4 nitrogen and oxygen atoms in total. The molecule has 0 aliphatic heterocycles. The van der Waals surface area contributed by atoms with Crippen LogP contribution in [0.4, 0.5) is 4.39 Å². The quantitative estimate of drug-likeness (QED) is 0.624. The molecule has 0 aliphatic carbocycles. The van der Waals surface area contributed by atoms with Gasteiger partial charge in [0, 0.05) is 0 Å². The molecule has 0 bridgehead atoms. The Morgan fingerprint density at radius 3 is 3.06 bits per heavy atom. The van der Waals surface area contributed by atoms with Gasteiger partial charge in [-0.2, -0.15) is 4.37 Å². The van der Waals surface area contributed by atoms with Crippen molar-refractivity contribution in [1.29, 1.82) is 0 Å². The second kappa shape index (κ2) is 5.92. The van der Waals surface area contributed by atoms with Gasteiger partial charge in [0.2, 0.25) is 0 Å². The lowest BCUT2D eigenvalue weighted by atomic mass is 10.1. The second-order valence-corrected chi connectivity index (χ2v) is 5.27. The summed E-state index contributed by atoms with van der Waals surface area (Å²) < 4.78 is 22.7. The zero-order chi connectivity index (χ0) is 13.0. The van der Waals surface area contributed by atoms with Crippen molar-refractivity contribution in [3.63, 3.8) is 0 Å². The Morgan fingerprint density at radius 1 is 1.56 bits per heavy atom. The lowest BCUT2D eigenvalue weighted by molar-refractivity contribution is 0.101. The highest BCUT2D eigenvalue weighted by Gasteiger charge is 2.14. The molecule has 0 spiro atoms. The number of nitrogens with zero attached hydrogens (tertiary/aromatic N) is 2. The summed E-state index contributed by atoms with van der Waals surface area (Å²) in [5.74, 6) is -0.111. The van der Waals surface area contributed by atoms with E-state index in [1.807, 2.05) is 0 Å². The number of carbonyl (C=O) groups is 1. The molecule has 7 heteroatoms. The molecule has 18 heavy (non-hydrogen) atoms. The SMILES string of the molecule is COc1ccc(F)cc1C(=O)CSc1ncns1. The van der Waals surface area contributed by atoms with Gasteiger partial charge in [0.1, 0.15) is 17.9 Å². The summed E-state index contributed by atoms with van der Waals surface area (Å²) in [5.41, 5.74) is 0.245. The summed E-state index contributed by atoms with van der Waals surface area (Å²) in [5, 5.41) is 0. The number of rotatable bonds is 5. The van der Waals surface area contributed by atoms with Crippen LogP contribution in [0, 0.1) is 5.82 Å². The van der Waals surface area contributed by atoms with Crippen LogP contribution in [-0.4, -0.2) is 28.0 Å². The summed E-state index contributed by atoms with van der Waals surface area (Å²) in [7, 11) is 1.45. The van der Waals surface area contributed by atoms with E-state index >= 15 is 0 Å². The van der Waals surface area contributed by atoms with E-state index in [4.69, 9.17) is 4.74 Å². The topological polar surface area (TPSA) is 52.1 Å². The Hall–Kier alpha value is -1.47. The lowest BCUT2D eigenvalue weighted by Crippen LogP contribution is -2.05. The molecule has 2 rings (SSSR count). The monoisotopic (exact) mass is 284 g/mol. The molecule has 0 saturated heterocycles. The number of methoxy groups -OCH3 is 1. The number of Topliss-reactive ketones (excluding diaryl/α,β-unsaturated/α-hetero) is 1. The van der Waals surface area contributed by atoms with Crippen LogP contribution in [0.1, 0.15) is 10.4 Å². The molecule has 0 unspecified atom stereocenters. The van der Waals surface area contributed by atoms with Gasteiger partial charge in [0.05, 0.1) is 18.4 Å². The van der Waals surface area contributed by atoms with Crippen LogP contribution in [-0.2, 0) is 0 Å². The molecule has 1 heterocycles. The van der Waals surface area contributed by atoms with E-state index in [-0.39, 0.29) is 17.1 Å². The number of hydrogen-bond acceptors (Lipinski definition) is 6. The van der Waals surface area contributed by atoms with E-state index in [2.05, 4.69) is 9.36 Å². The Labute approximate surface area is 111 Å². The van der Waals surface area contributed by atoms with Crippen LogP contribution in [0.2, 0.25) is 0 Å². The van der Waals surface area contributed by atoms with Crippen molar-refractivity contribution in [1.82, 2.24) is 9.36 Å². The minimum absolute atomic E-state index is 0.176. The van der Waals surface area contributed by atoms with Gasteiger partial charge < -0.3 is 4.74 Å². The highest BCUT2D eigenvalue weighted by molar-refractivity contribution is 8.01. The number of benzene rings is 1. The smallest absolute Gasteiger partial charge is 0.176 e. The van der Waals surface area contributed by atoms with Gasteiger partial charge in [-0.15, -0.1) is 0 Å². The second-order valence-electron chi connectivity index (χ2n) is 3.26. The van der Waals surface area contributed by atoms with Gasteiger partial charge in [-0.25, -0.2) is 9.37 Å². The number of thioether (sulfide) groups is 1. The summed E-state index contributed by atoms with van der Waals surface area (Å²) >= 11 is 2.49. The summed E-state index contributed by atoms with van der Waals surface area (Å²) in [6.45, 7) is 0. The number of ketones is 1.